The predicted octanol–water partition coefficient (Wildman–Crippen LogP) is 20.7. The lowest BCUT2D eigenvalue weighted by molar-refractivity contribution is 0.398. The van der Waals surface area contributed by atoms with Crippen molar-refractivity contribution < 1.29 is 9.47 Å². The first-order chi connectivity index (χ1) is 44.2. The monoisotopic (exact) mass is 1150 g/mol. The van der Waals surface area contributed by atoms with Crippen molar-refractivity contribution in [1.29, 1.82) is 0 Å². The Morgan fingerprint density at radius 2 is 0.730 bits per heavy atom. The van der Waals surface area contributed by atoms with Gasteiger partial charge in [0.15, 0.2) is 11.5 Å². The largest absolute Gasteiger partial charge is 0.454 e. The van der Waals surface area contributed by atoms with E-state index in [1.807, 2.05) is 11.3 Å². The highest BCUT2D eigenvalue weighted by Gasteiger charge is 2.52. The van der Waals surface area contributed by atoms with E-state index in [2.05, 4.69) is 302 Å². The fourth-order valence-electron chi connectivity index (χ4n) is 15.8. The summed E-state index contributed by atoms with van der Waals surface area (Å²) in [6, 6.07) is 101. The van der Waals surface area contributed by atoms with Crippen LogP contribution in [0.2, 0.25) is 0 Å². The second-order valence-electron chi connectivity index (χ2n) is 23.7. The van der Waals surface area contributed by atoms with Crippen LogP contribution in [0.3, 0.4) is 0 Å². The summed E-state index contributed by atoms with van der Waals surface area (Å²) in [5.41, 5.74) is 18.3. The van der Waals surface area contributed by atoms with E-state index in [1.165, 1.54) is 42.0 Å². The van der Waals surface area contributed by atoms with Crippen LogP contribution >= 0.6 is 11.3 Å². The molecule has 2 aliphatic heterocycles. The van der Waals surface area contributed by atoms with E-state index in [0.717, 1.165) is 139 Å². The second-order valence-corrected chi connectivity index (χ2v) is 24.8. The molecule has 0 aliphatic carbocycles. The number of imidazole rings is 2. The highest BCUT2D eigenvalue weighted by molar-refractivity contribution is 7.25. The van der Waals surface area contributed by atoms with Crippen LogP contribution in [0, 0.1) is 0 Å². The smallest absolute Gasteiger partial charge is 0.220 e. The quantitative estimate of drug-likeness (QED) is 0.176. The number of aromatic nitrogens is 6. The number of para-hydroxylation sites is 10. The van der Waals surface area contributed by atoms with Crippen molar-refractivity contribution in [3.8, 4) is 45.7 Å². The molecule has 6 aromatic heterocycles. The van der Waals surface area contributed by atoms with Gasteiger partial charge in [-0.1, -0.05) is 164 Å². The Morgan fingerprint density at radius 1 is 0.292 bits per heavy atom. The summed E-state index contributed by atoms with van der Waals surface area (Å²) in [5, 5.41) is 9.57. The molecule has 19 aromatic rings. The van der Waals surface area contributed by atoms with Crippen LogP contribution in [-0.2, 0) is 5.41 Å². The predicted molar refractivity (Wildman–Crippen MR) is 364 cm³/mol. The first-order valence-corrected chi connectivity index (χ1v) is 31.1. The molecule has 1 spiro atoms. The molecule has 0 saturated carbocycles. The van der Waals surface area contributed by atoms with Gasteiger partial charge in [-0.3, -0.25) is 8.97 Å². The first kappa shape index (κ1) is 47.6. The molecule has 0 fully saturated rings. The summed E-state index contributed by atoms with van der Waals surface area (Å²) < 4.78 is 29.4. The van der Waals surface area contributed by atoms with Crippen molar-refractivity contribution in [2.75, 3.05) is 0 Å². The number of nitrogens with zero attached hydrogens (tertiary/aromatic N) is 6. The molecule has 21 rings (SSSR count). The minimum absolute atomic E-state index is 0.787. The Bertz CT molecular complexity index is 6280. The molecule has 414 valence electrons. The lowest BCUT2D eigenvalue weighted by Crippen LogP contribution is -2.37. The van der Waals surface area contributed by atoms with Gasteiger partial charge in [-0.05, 0) is 115 Å². The van der Waals surface area contributed by atoms with Gasteiger partial charge in [-0.2, -0.15) is 0 Å². The topological polar surface area (TPSA) is 55.5 Å². The van der Waals surface area contributed by atoms with E-state index in [4.69, 9.17) is 14.5 Å². The lowest BCUT2D eigenvalue weighted by Gasteiger charge is -2.45. The number of benzene rings is 13. The standard InChI is InChI=1S/C80H46N6O2S/c1-8-28-62-49(19-1)50-20-2-9-29-63(50)82(62)47-39-41-66-54(43-47)51-21-3-10-30-64(51)84(66)70-34-17-26-59-77(70)87-73-36-14-6-24-57(73)80(59)58-25-7-15-37-74(58)88-78-60(80)27-18-35-71(78)85-65-31-11-4-22-52(65)55-44-48(40-42-67(55)85)83-68-32-12-13-33-69(68)86-72-46-76-56(45-61(72)81-79(83)86)53-23-5-16-38-75(53)89-76/h1-46H. The number of hydrogen-bond acceptors (Lipinski definition) is 4. The van der Waals surface area contributed by atoms with Crippen molar-refractivity contribution in [3.05, 3.63) is 301 Å². The average molecular weight is 1160 g/mol. The maximum absolute atomic E-state index is 7.47. The molecule has 1 unspecified atom stereocenters. The van der Waals surface area contributed by atoms with E-state index in [1.54, 1.807) is 0 Å². The van der Waals surface area contributed by atoms with Crippen LogP contribution in [0.15, 0.2) is 279 Å². The van der Waals surface area contributed by atoms with Gasteiger partial charge in [0.05, 0.1) is 72.0 Å². The Kier molecular flexibility index (Phi) is 9.24. The summed E-state index contributed by atoms with van der Waals surface area (Å²) in [7, 11) is 0. The van der Waals surface area contributed by atoms with Gasteiger partial charge in [0.2, 0.25) is 5.78 Å². The van der Waals surface area contributed by atoms with Crippen LogP contribution in [0.4, 0.5) is 0 Å². The van der Waals surface area contributed by atoms with Crippen LogP contribution in [0.5, 0.6) is 23.0 Å². The SMILES string of the molecule is c1ccc2c(c1)Oc1c(-n3c4ccccc4c4cc(-n5c6ccccc6c6ccccc65)ccc43)cccc1C21c2ccccc2Oc2c(-n3c4ccccc4c4cc(-n5c6ccccc6n6c7cc8sc9ccccc9c8cc7nc56)ccc43)cccc21. The zero-order valence-electron chi connectivity index (χ0n) is 47.5. The number of ether oxygens (including phenoxy) is 2. The van der Waals surface area contributed by atoms with Gasteiger partial charge in [0.25, 0.3) is 0 Å². The van der Waals surface area contributed by atoms with Crippen molar-refractivity contribution in [1.82, 2.24) is 27.7 Å². The third-order valence-electron chi connectivity index (χ3n) is 19.4. The molecule has 1 atom stereocenters. The van der Waals surface area contributed by atoms with Crippen molar-refractivity contribution in [2.24, 2.45) is 0 Å². The fourth-order valence-corrected chi connectivity index (χ4v) is 16.9. The van der Waals surface area contributed by atoms with Gasteiger partial charge in [-0.25, -0.2) is 4.98 Å². The molecule has 0 saturated heterocycles. The minimum Gasteiger partial charge on any atom is -0.454 e. The summed E-state index contributed by atoms with van der Waals surface area (Å²) in [5.74, 6) is 4.05. The maximum Gasteiger partial charge on any atom is 0.220 e. The van der Waals surface area contributed by atoms with Gasteiger partial charge in [0.1, 0.15) is 11.5 Å². The fraction of sp³-hybridized carbons (Fsp3) is 0.0125. The van der Waals surface area contributed by atoms with Gasteiger partial charge < -0.3 is 23.2 Å². The Balaban J connectivity index is 0.775. The number of thiophene rings is 1. The molecule has 0 N–H and O–H groups in total. The molecule has 8 nitrogen and oxygen atoms in total. The summed E-state index contributed by atoms with van der Waals surface area (Å²) >= 11 is 1.84. The Hall–Kier alpha value is -11.7. The summed E-state index contributed by atoms with van der Waals surface area (Å²) in [4.78, 5) is 5.47. The van der Waals surface area contributed by atoms with E-state index >= 15 is 0 Å². The van der Waals surface area contributed by atoms with Crippen molar-refractivity contribution in [3.63, 3.8) is 0 Å². The van der Waals surface area contributed by atoms with E-state index in [0.29, 0.717) is 0 Å². The zero-order chi connectivity index (χ0) is 57.8. The highest BCUT2D eigenvalue weighted by Crippen LogP contribution is 2.63. The lowest BCUT2D eigenvalue weighted by atomic mass is 9.62. The van der Waals surface area contributed by atoms with Crippen molar-refractivity contribution in [2.45, 2.75) is 5.41 Å². The van der Waals surface area contributed by atoms with Crippen LogP contribution < -0.4 is 9.47 Å². The van der Waals surface area contributed by atoms with Crippen molar-refractivity contribution >= 4 is 125 Å². The Morgan fingerprint density at radius 3 is 1.30 bits per heavy atom. The summed E-state index contributed by atoms with van der Waals surface area (Å²) in [6.07, 6.45) is 0. The second kappa shape index (κ2) is 17.3. The normalized spacial score (nSPS) is 14.5. The minimum atomic E-state index is -0.883. The van der Waals surface area contributed by atoms with Gasteiger partial charge in [-0.15, -0.1) is 11.3 Å². The van der Waals surface area contributed by atoms with E-state index in [-0.39, 0.29) is 0 Å². The molecule has 2 aliphatic rings. The number of hydrogen-bond donors (Lipinski definition) is 0. The highest BCUT2D eigenvalue weighted by atomic mass is 32.1. The Labute approximate surface area is 511 Å². The molecule has 0 amide bonds. The third-order valence-corrected chi connectivity index (χ3v) is 20.5. The molecule has 8 heterocycles. The molecule has 0 radical (unpaired) electrons. The van der Waals surface area contributed by atoms with Crippen LogP contribution in [-0.4, -0.2) is 27.7 Å². The zero-order valence-corrected chi connectivity index (χ0v) is 48.3. The number of rotatable bonds is 4. The van der Waals surface area contributed by atoms with Gasteiger partial charge in [0, 0.05) is 86.1 Å². The van der Waals surface area contributed by atoms with E-state index in [9.17, 15) is 0 Å². The molecule has 0 bridgehead atoms. The molecule has 13 aromatic carbocycles. The maximum atomic E-state index is 7.47. The van der Waals surface area contributed by atoms with Crippen LogP contribution in [0.25, 0.3) is 136 Å². The molecular weight excluding hydrogens is 1110 g/mol. The van der Waals surface area contributed by atoms with Crippen LogP contribution in [0.1, 0.15) is 22.3 Å². The molecule has 9 heteroatoms. The molecule has 89 heavy (non-hydrogen) atoms. The first-order valence-electron chi connectivity index (χ1n) is 30.3. The van der Waals surface area contributed by atoms with Gasteiger partial charge >= 0.3 is 0 Å². The van der Waals surface area contributed by atoms with E-state index < -0.39 is 5.41 Å². The number of fused-ring (bicyclic) bond motifs is 25. The average Bonchev–Trinajstić information content (AvgIpc) is 1.55. The molecular formula is C80H46N6O2S. The third kappa shape index (κ3) is 6.13. The summed E-state index contributed by atoms with van der Waals surface area (Å²) in [6.45, 7) is 0.